The van der Waals surface area contributed by atoms with Crippen molar-refractivity contribution in [3.05, 3.63) is 42.0 Å². The van der Waals surface area contributed by atoms with Crippen molar-refractivity contribution in [1.29, 1.82) is 0 Å². The van der Waals surface area contributed by atoms with E-state index >= 15 is 0 Å². The van der Waals surface area contributed by atoms with E-state index in [4.69, 9.17) is 4.74 Å². The number of carbonyl (C=O) groups is 1. The second kappa shape index (κ2) is 13.9. The van der Waals surface area contributed by atoms with Gasteiger partial charge in [-0.2, -0.15) is 11.8 Å². The molecule has 1 aromatic carbocycles. The Balaban J connectivity index is 1.53. The molecule has 3 nitrogen and oxygen atoms in total. The lowest BCUT2D eigenvalue weighted by Gasteiger charge is -2.36. The first-order valence-electron chi connectivity index (χ1n) is 11.3. The predicted molar refractivity (Wildman–Crippen MR) is 126 cm³/mol. The number of carbonyl (C=O) groups excluding carboxylic acids is 1. The van der Waals surface area contributed by atoms with E-state index in [0.29, 0.717) is 12.5 Å². The quantitative estimate of drug-likeness (QED) is 0.369. The van der Waals surface area contributed by atoms with E-state index in [9.17, 15) is 4.79 Å². The molecule has 2 unspecified atom stereocenters. The smallest absolute Gasteiger partial charge is 0.244 e. The third kappa shape index (κ3) is 9.86. The fourth-order valence-corrected chi connectivity index (χ4v) is 4.61. The Bertz CT molecular complexity index is 604. The van der Waals surface area contributed by atoms with Crippen molar-refractivity contribution in [2.75, 3.05) is 24.7 Å². The molecule has 1 N–H and O–H groups in total. The Labute approximate surface area is 182 Å². The summed E-state index contributed by atoms with van der Waals surface area (Å²) in [5, 5.41) is 2.95. The lowest BCUT2D eigenvalue weighted by molar-refractivity contribution is -0.116. The summed E-state index contributed by atoms with van der Waals surface area (Å²) in [4.78, 5) is 11.8. The van der Waals surface area contributed by atoms with Gasteiger partial charge in [-0.05, 0) is 49.5 Å². The normalized spacial score (nSPS) is 23.3. The SMILES string of the molecule is CC1CCCCCCCC1(C)OCCCSCCNC(=O)/C=C/c1ccccc1. The molecule has 0 heterocycles. The summed E-state index contributed by atoms with van der Waals surface area (Å²) in [5.74, 6) is 2.64. The molecule has 1 aliphatic carbocycles. The Kier molecular flexibility index (Phi) is 11.5. The number of nitrogens with one attached hydrogen (secondary N) is 1. The number of ether oxygens (including phenoxy) is 1. The van der Waals surface area contributed by atoms with E-state index in [1.807, 2.05) is 48.2 Å². The van der Waals surface area contributed by atoms with Crippen LogP contribution in [0.2, 0.25) is 0 Å². The molecule has 1 aliphatic rings. The highest BCUT2D eigenvalue weighted by Gasteiger charge is 2.31. The summed E-state index contributed by atoms with van der Waals surface area (Å²) >= 11 is 1.89. The molecule has 0 spiro atoms. The van der Waals surface area contributed by atoms with E-state index in [-0.39, 0.29) is 11.5 Å². The third-order valence-corrected chi connectivity index (χ3v) is 7.06. The first-order valence-corrected chi connectivity index (χ1v) is 12.5. The predicted octanol–water partition coefficient (Wildman–Crippen LogP) is 6.10. The molecule has 162 valence electrons. The first-order chi connectivity index (χ1) is 14.1. The average molecular weight is 418 g/mol. The van der Waals surface area contributed by atoms with Crippen LogP contribution in [-0.4, -0.2) is 36.2 Å². The van der Waals surface area contributed by atoms with Crippen LogP contribution in [0.3, 0.4) is 0 Å². The molecule has 0 aliphatic heterocycles. The Morgan fingerprint density at radius 1 is 1.17 bits per heavy atom. The number of hydrogen-bond donors (Lipinski definition) is 1. The van der Waals surface area contributed by atoms with Crippen molar-refractivity contribution in [3.63, 3.8) is 0 Å². The number of benzene rings is 1. The zero-order chi connectivity index (χ0) is 20.8. The van der Waals surface area contributed by atoms with Crippen LogP contribution in [-0.2, 0) is 9.53 Å². The van der Waals surface area contributed by atoms with Crippen molar-refractivity contribution in [1.82, 2.24) is 5.32 Å². The highest BCUT2D eigenvalue weighted by atomic mass is 32.2. The standard InChI is InChI=1S/C25H39NO2S/c1-22-12-7-4-3-5-10-17-25(22,2)28-19-11-20-29-21-18-26-24(27)16-15-23-13-8-6-9-14-23/h6,8-9,13-16,22H,3-5,7,10-12,17-21H2,1-2H3,(H,26,27)/b16-15+. The fraction of sp³-hybridized carbons (Fsp3) is 0.640. The molecule has 29 heavy (non-hydrogen) atoms. The Hall–Kier alpha value is -1.26. The van der Waals surface area contributed by atoms with Crippen molar-refractivity contribution in [2.45, 2.75) is 70.8 Å². The third-order valence-electron chi connectivity index (χ3n) is 5.99. The van der Waals surface area contributed by atoms with Gasteiger partial charge in [-0.1, -0.05) is 69.4 Å². The zero-order valence-corrected chi connectivity index (χ0v) is 19.1. The molecule has 0 saturated heterocycles. The van der Waals surface area contributed by atoms with Crippen molar-refractivity contribution < 1.29 is 9.53 Å². The van der Waals surface area contributed by atoms with Crippen LogP contribution in [0.1, 0.15) is 70.8 Å². The minimum Gasteiger partial charge on any atom is -0.375 e. The largest absolute Gasteiger partial charge is 0.375 e. The fourth-order valence-electron chi connectivity index (χ4n) is 3.83. The highest BCUT2D eigenvalue weighted by Crippen LogP contribution is 2.33. The average Bonchev–Trinajstić information content (AvgIpc) is 2.81. The number of thioether (sulfide) groups is 1. The van der Waals surface area contributed by atoms with Crippen LogP contribution < -0.4 is 5.32 Å². The molecule has 1 fully saturated rings. The molecule has 1 saturated carbocycles. The van der Waals surface area contributed by atoms with Gasteiger partial charge < -0.3 is 10.1 Å². The van der Waals surface area contributed by atoms with Crippen LogP contribution in [0.4, 0.5) is 0 Å². The van der Waals surface area contributed by atoms with Gasteiger partial charge in [0, 0.05) is 25.0 Å². The summed E-state index contributed by atoms with van der Waals surface area (Å²) in [5.41, 5.74) is 1.09. The van der Waals surface area contributed by atoms with Crippen LogP contribution in [0.25, 0.3) is 6.08 Å². The number of rotatable bonds is 10. The molecule has 0 bridgehead atoms. The highest BCUT2D eigenvalue weighted by molar-refractivity contribution is 7.99. The van der Waals surface area contributed by atoms with E-state index in [1.54, 1.807) is 6.08 Å². The monoisotopic (exact) mass is 417 g/mol. The van der Waals surface area contributed by atoms with Gasteiger partial charge >= 0.3 is 0 Å². The van der Waals surface area contributed by atoms with E-state index in [2.05, 4.69) is 19.2 Å². The maximum atomic E-state index is 11.8. The molecule has 2 rings (SSSR count). The van der Waals surface area contributed by atoms with Crippen LogP contribution in [0, 0.1) is 5.92 Å². The minimum absolute atomic E-state index is 0.0279. The Morgan fingerprint density at radius 2 is 1.93 bits per heavy atom. The lowest BCUT2D eigenvalue weighted by Crippen LogP contribution is -2.36. The summed E-state index contributed by atoms with van der Waals surface area (Å²) < 4.78 is 6.40. The van der Waals surface area contributed by atoms with Crippen molar-refractivity contribution in [2.24, 2.45) is 5.92 Å². The van der Waals surface area contributed by atoms with Gasteiger partial charge in [0.05, 0.1) is 5.60 Å². The summed E-state index contributed by atoms with van der Waals surface area (Å²) in [6, 6.07) is 9.89. The minimum atomic E-state index is -0.0279. The molecule has 1 aromatic rings. The second-order valence-corrected chi connectivity index (χ2v) is 9.59. The van der Waals surface area contributed by atoms with Gasteiger partial charge in [-0.3, -0.25) is 4.79 Å². The maximum absolute atomic E-state index is 11.8. The first kappa shape index (κ1) is 24.0. The molecule has 0 aromatic heterocycles. The second-order valence-electron chi connectivity index (χ2n) is 8.37. The van der Waals surface area contributed by atoms with Gasteiger partial charge in [-0.15, -0.1) is 0 Å². The topological polar surface area (TPSA) is 38.3 Å². The number of hydrogen-bond acceptors (Lipinski definition) is 3. The molecule has 2 atom stereocenters. The van der Waals surface area contributed by atoms with E-state index in [1.165, 1.54) is 44.9 Å². The molecule has 0 radical (unpaired) electrons. The van der Waals surface area contributed by atoms with Crippen molar-refractivity contribution in [3.8, 4) is 0 Å². The molecular weight excluding hydrogens is 378 g/mol. The molecular formula is C25H39NO2S. The van der Waals surface area contributed by atoms with Crippen molar-refractivity contribution >= 4 is 23.7 Å². The van der Waals surface area contributed by atoms with Gasteiger partial charge in [0.1, 0.15) is 0 Å². The molecule has 4 heteroatoms. The van der Waals surface area contributed by atoms with Crippen LogP contribution in [0.15, 0.2) is 36.4 Å². The Morgan fingerprint density at radius 3 is 2.76 bits per heavy atom. The van der Waals surface area contributed by atoms with Gasteiger partial charge in [0.15, 0.2) is 0 Å². The van der Waals surface area contributed by atoms with Crippen LogP contribution >= 0.6 is 11.8 Å². The van der Waals surface area contributed by atoms with Gasteiger partial charge in [0.2, 0.25) is 5.91 Å². The summed E-state index contributed by atoms with van der Waals surface area (Å²) in [6.45, 7) is 6.25. The summed E-state index contributed by atoms with van der Waals surface area (Å²) in [7, 11) is 0. The van der Waals surface area contributed by atoms with Crippen LogP contribution in [0.5, 0.6) is 0 Å². The van der Waals surface area contributed by atoms with E-state index in [0.717, 1.165) is 30.1 Å². The van der Waals surface area contributed by atoms with Gasteiger partial charge in [0.25, 0.3) is 0 Å². The number of amides is 1. The lowest BCUT2D eigenvalue weighted by atomic mass is 9.83. The molecule has 1 amide bonds. The summed E-state index contributed by atoms with van der Waals surface area (Å²) in [6.07, 6.45) is 13.8. The zero-order valence-electron chi connectivity index (χ0n) is 18.3. The van der Waals surface area contributed by atoms with E-state index < -0.39 is 0 Å². The van der Waals surface area contributed by atoms with Gasteiger partial charge in [-0.25, -0.2) is 0 Å². The maximum Gasteiger partial charge on any atom is 0.244 e.